The minimum absolute atomic E-state index is 0.0418. The van der Waals surface area contributed by atoms with Crippen LogP contribution in [-0.4, -0.2) is 41.4 Å². The second kappa shape index (κ2) is 8.21. The van der Waals surface area contributed by atoms with Gasteiger partial charge in [-0.2, -0.15) is 0 Å². The number of likely N-dealkylation sites (tertiary alicyclic amines) is 1. The first-order valence-corrected chi connectivity index (χ1v) is 10.1. The number of carbonyl (C=O) groups excluding carboxylic acids is 1. The Labute approximate surface area is 176 Å². The first-order chi connectivity index (χ1) is 14.0. The summed E-state index contributed by atoms with van der Waals surface area (Å²) in [6.07, 6.45) is 3.68. The number of rotatable bonds is 4. The molecule has 2 aromatic carbocycles. The number of hydrogen-bond acceptors (Lipinski definition) is 4. The minimum Gasteiger partial charge on any atom is -0.347 e. The molecule has 1 amide bonds. The van der Waals surface area contributed by atoms with Crippen LogP contribution >= 0.6 is 11.6 Å². The molecule has 2 heterocycles. The van der Waals surface area contributed by atoms with E-state index in [1.165, 1.54) is 0 Å². The fraction of sp³-hybridized carbons (Fsp3) is 0.261. The third kappa shape index (κ3) is 3.96. The van der Waals surface area contributed by atoms with Crippen LogP contribution in [0.4, 0.5) is 5.95 Å². The molecular formula is C23H23ClN4O. The number of amides is 1. The van der Waals surface area contributed by atoms with Gasteiger partial charge in [0.05, 0.1) is 11.7 Å². The lowest BCUT2D eigenvalue weighted by molar-refractivity contribution is 0.0733. The molecule has 0 N–H and O–H groups in total. The minimum atomic E-state index is -0.0879. The zero-order valence-electron chi connectivity index (χ0n) is 16.5. The molecule has 1 atom stereocenters. The highest BCUT2D eigenvalue weighted by Gasteiger charge is 2.33. The van der Waals surface area contributed by atoms with E-state index in [1.807, 2.05) is 84.7 Å². The molecule has 0 unspecified atom stereocenters. The summed E-state index contributed by atoms with van der Waals surface area (Å²) in [7, 11) is 3.84. The third-order valence-electron chi connectivity index (χ3n) is 5.21. The summed E-state index contributed by atoms with van der Waals surface area (Å²) in [5, 5.41) is 0.683. The quantitative estimate of drug-likeness (QED) is 0.622. The maximum atomic E-state index is 13.2. The molecule has 1 fully saturated rings. The lowest BCUT2D eigenvalue weighted by Gasteiger charge is -2.27. The molecule has 1 saturated heterocycles. The van der Waals surface area contributed by atoms with Crippen LogP contribution in [0.1, 0.15) is 34.9 Å². The first kappa shape index (κ1) is 19.4. The van der Waals surface area contributed by atoms with Gasteiger partial charge < -0.3 is 9.80 Å². The van der Waals surface area contributed by atoms with Gasteiger partial charge in [0.1, 0.15) is 0 Å². The second-order valence-electron chi connectivity index (χ2n) is 7.39. The third-order valence-corrected chi connectivity index (χ3v) is 5.46. The van der Waals surface area contributed by atoms with Crippen LogP contribution in [0.15, 0.2) is 60.8 Å². The Hall–Kier alpha value is -2.92. The maximum Gasteiger partial charge on any atom is 0.254 e. The van der Waals surface area contributed by atoms with Crippen molar-refractivity contribution in [2.45, 2.75) is 18.9 Å². The van der Waals surface area contributed by atoms with E-state index in [0.717, 1.165) is 36.2 Å². The molecule has 0 saturated carbocycles. The number of anilines is 1. The van der Waals surface area contributed by atoms with E-state index in [0.29, 0.717) is 16.5 Å². The summed E-state index contributed by atoms with van der Waals surface area (Å²) >= 11 is 6.07. The smallest absolute Gasteiger partial charge is 0.254 e. The van der Waals surface area contributed by atoms with Crippen molar-refractivity contribution < 1.29 is 4.79 Å². The molecule has 0 aliphatic carbocycles. The number of halogens is 1. The Morgan fingerprint density at radius 2 is 1.83 bits per heavy atom. The zero-order valence-corrected chi connectivity index (χ0v) is 17.3. The topological polar surface area (TPSA) is 49.3 Å². The van der Waals surface area contributed by atoms with E-state index in [1.54, 1.807) is 0 Å². The van der Waals surface area contributed by atoms with Crippen molar-refractivity contribution in [2.24, 2.45) is 0 Å². The predicted molar refractivity (Wildman–Crippen MR) is 116 cm³/mol. The molecule has 6 heteroatoms. The monoisotopic (exact) mass is 406 g/mol. The van der Waals surface area contributed by atoms with E-state index in [2.05, 4.69) is 4.98 Å². The van der Waals surface area contributed by atoms with Gasteiger partial charge in [-0.15, -0.1) is 0 Å². The van der Waals surface area contributed by atoms with Crippen molar-refractivity contribution in [3.8, 4) is 11.1 Å². The van der Waals surface area contributed by atoms with Gasteiger partial charge in [-0.25, -0.2) is 9.97 Å². The molecular weight excluding hydrogens is 384 g/mol. The standard InChI is InChI=1S/C23H23ClN4O/c1-27(2)23-25-15-19(16-10-12-18(24)13-11-16)21(26-23)20-9-6-14-28(20)22(29)17-7-4-3-5-8-17/h3-5,7-8,10-13,15,20H,6,9,14H2,1-2H3/t20-/m1/s1. The molecule has 3 aromatic rings. The van der Waals surface area contributed by atoms with E-state index < -0.39 is 0 Å². The van der Waals surface area contributed by atoms with Crippen LogP contribution in [0.3, 0.4) is 0 Å². The van der Waals surface area contributed by atoms with Crippen LogP contribution in [-0.2, 0) is 0 Å². The molecule has 1 aliphatic heterocycles. The van der Waals surface area contributed by atoms with Gasteiger partial charge in [0.2, 0.25) is 5.95 Å². The largest absolute Gasteiger partial charge is 0.347 e. The first-order valence-electron chi connectivity index (χ1n) is 9.71. The molecule has 4 rings (SSSR count). The van der Waals surface area contributed by atoms with E-state index in [9.17, 15) is 4.79 Å². The second-order valence-corrected chi connectivity index (χ2v) is 7.83. The number of hydrogen-bond donors (Lipinski definition) is 0. The van der Waals surface area contributed by atoms with Crippen molar-refractivity contribution in [1.82, 2.24) is 14.9 Å². The fourth-order valence-electron chi connectivity index (χ4n) is 3.75. The summed E-state index contributed by atoms with van der Waals surface area (Å²) in [5.41, 5.74) is 3.51. The van der Waals surface area contributed by atoms with Crippen molar-refractivity contribution in [3.63, 3.8) is 0 Å². The Balaban J connectivity index is 1.78. The average molecular weight is 407 g/mol. The number of carbonyl (C=O) groups is 1. The maximum absolute atomic E-state index is 13.2. The van der Waals surface area contributed by atoms with Crippen LogP contribution in [0.25, 0.3) is 11.1 Å². The molecule has 1 aliphatic rings. The number of nitrogens with zero attached hydrogens (tertiary/aromatic N) is 4. The lowest BCUT2D eigenvalue weighted by Crippen LogP contribution is -2.31. The highest BCUT2D eigenvalue weighted by molar-refractivity contribution is 6.30. The highest BCUT2D eigenvalue weighted by Crippen LogP contribution is 2.38. The van der Waals surface area contributed by atoms with Gasteiger partial charge in [0, 0.05) is 43.0 Å². The Morgan fingerprint density at radius 3 is 2.52 bits per heavy atom. The molecule has 1 aromatic heterocycles. The van der Waals surface area contributed by atoms with Crippen LogP contribution in [0, 0.1) is 0 Å². The SMILES string of the molecule is CN(C)c1ncc(-c2ccc(Cl)cc2)c([C@H]2CCCN2C(=O)c2ccccc2)n1. The van der Waals surface area contributed by atoms with E-state index in [4.69, 9.17) is 16.6 Å². The fourth-order valence-corrected chi connectivity index (χ4v) is 3.87. The number of aromatic nitrogens is 2. The molecule has 5 nitrogen and oxygen atoms in total. The summed E-state index contributed by atoms with van der Waals surface area (Å²) in [5.74, 6) is 0.678. The van der Waals surface area contributed by atoms with Gasteiger partial charge >= 0.3 is 0 Å². The van der Waals surface area contributed by atoms with Crippen molar-refractivity contribution >= 4 is 23.5 Å². The Morgan fingerprint density at radius 1 is 1.10 bits per heavy atom. The van der Waals surface area contributed by atoms with E-state index >= 15 is 0 Å². The lowest BCUT2D eigenvalue weighted by atomic mass is 9.99. The number of benzene rings is 2. The highest BCUT2D eigenvalue weighted by atomic mass is 35.5. The van der Waals surface area contributed by atoms with Gasteiger partial charge in [-0.1, -0.05) is 41.9 Å². The molecule has 0 bridgehead atoms. The van der Waals surface area contributed by atoms with Gasteiger partial charge in [-0.05, 0) is 42.7 Å². The molecule has 0 radical (unpaired) electrons. The summed E-state index contributed by atoms with van der Waals surface area (Å²) in [6.45, 7) is 0.722. The summed E-state index contributed by atoms with van der Waals surface area (Å²) < 4.78 is 0. The van der Waals surface area contributed by atoms with Gasteiger partial charge in [0.15, 0.2) is 0 Å². The molecule has 29 heavy (non-hydrogen) atoms. The van der Waals surface area contributed by atoms with E-state index in [-0.39, 0.29) is 11.9 Å². The predicted octanol–water partition coefficient (Wildman–Crippen LogP) is 4.84. The molecule has 0 spiro atoms. The van der Waals surface area contributed by atoms with Crippen LogP contribution in [0.5, 0.6) is 0 Å². The van der Waals surface area contributed by atoms with Crippen molar-refractivity contribution in [1.29, 1.82) is 0 Å². The summed E-state index contributed by atoms with van der Waals surface area (Å²) in [6, 6.07) is 17.0. The Bertz CT molecular complexity index is 1010. The van der Waals surface area contributed by atoms with Gasteiger partial charge in [-0.3, -0.25) is 4.79 Å². The normalized spacial score (nSPS) is 16.1. The Kier molecular flexibility index (Phi) is 5.49. The zero-order chi connectivity index (χ0) is 20.4. The average Bonchev–Trinajstić information content (AvgIpc) is 3.23. The summed E-state index contributed by atoms with van der Waals surface area (Å²) in [4.78, 5) is 26.4. The van der Waals surface area contributed by atoms with Crippen LogP contribution in [0.2, 0.25) is 5.02 Å². The van der Waals surface area contributed by atoms with Crippen molar-refractivity contribution in [2.75, 3.05) is 25.5 Å². The van der Waals surface area contributed by atoms with Crippen LogP contribution < -0.4 is 4.90 Å². The molecule has 148 valence electrons. The van der Waals surface area contributed by atoms with Gasteiger partial charge in [0.25, 0.3) is 5.91 Å². The van der Waals surface area contributed by atoms with Crippen molar-refractivity contribution in [3.05, 3.63) is 77.1 Å².